The average Bonchev–Trinajstić information content (AvgIpc) is 2.79. The Kier molecular flexibility index (Phi) is 7.43. The van der Waals surface area contributed by atoms with Crippen molar-refractivity contribution in [2.45, 2.75) is 112 Å². The number of ether oxygens (including phenoxy) is 1. The van der Waals surface area contributed by atoms with Gasteiger partial charge < -0.3 is 9.84 Å². The largest absolute Gasteiger partial charge is 0.479 e. The minimum Gasteiger partial charge on any atom is -0.479 e. The lowest BCUT2D eigenvalue weighted by molar-refractivity contribution is -0.160. The standard InChI is InChI=1S/C32H45NO3/c1-20-9-11-23(12-10-20)27-22(3)26-19-33(24-13-16-32(7,8)17-14-24)18-15-25(26)21(2)28(27)29(30(34)35)36-31(4,5)6/h9-12,24,29H,13-19H2,1-8H3,(H,34,35). The molecule has 1 aliphatic carbocycles. The second-order valence-electron chi connectivity index (χ2n) is 12.9. The minimum atomic E-state index is -1.01. The fourth-order valence-electron chi connectivity index (χ4n) is 6.31. The number of rotatable bonds is 5. The van der Waals surface area contributed by atoms with Crippen molar-refractivity contribution in [3.8, 4) is 11.1 Å². The average molecular weight is 492 g/mol. The summed E-state index contributed by atoms with van der Waals surface area (Å²) in [5, 5.41) is 10.3. The molecule has 0 amide bonds. The second kappa shape index (κ2) is 9.95. The van der Waals surface area contributed by atoms with E-state index in [0.717, 1.165) is 41.8 Å². The highest BCUT2D eigenvalue weighted by atomic mass is 16.5. The molecule has 1 N–H and O–H groups in total. The fourth-order valence-corrected chi connectivity index (χ4v) is 6.31. The number of aryl methyl sites for hydroxylation is 1. The molecule has 1 heterocycles. The van der Waals surface area contributed by atoms with Crippen molar-refractivity contribution < 1.29 is 14.6 Å². The van der Waals surface area contributed by atoms with Gasteiger partial charge in [-0.1, -0.05) is 43.7 Å². The zero-order valence-corrected chi connectivity index (χ0v) is 23.6. The number of carboxylic acid groups (broad SMARTS) is 1. The lowest BCUT2D eigenvalue weighted by atomic mass is 9.74. The van der Waals surface area contributed by atoms with Crippen LogP contribution in [0.25, 0.3) is 11.1 Å². The molecular weight excluding hydrogens is 446 g/mol. The maximum atomic E-state index is 12.6. The maximum Gasteiger partial charge on any atom is 0.337 e. The predicted octanol–water partition coefficient (Wildman–Crippen LogP) is 7.55. The molecule has 1 unspecified atom stereocenters. The number of aliphatic carboxylic acids is 1. The van der Waals surface area contributed by atoms with Gasteiger partial charge in [-0.25, -0.2) is 4.79 Å². The van der Waals surface area contributed by atoms with Gasteiger partial charge in [-0.2, -0.15) is 0 Å². The summed E-state index contributed by atoms with van der Waals surface area (Å²) in [5.41, 5.74) is 9.03. The highest BCUT2D eigenvalue weighted by Gasteiger charge is 2.36. The van der Waals surface area contributed by atoms with Crippen LogP contribution in [0.1, 0.15) is 99.8 Å². The summed E-state index contributed by atoms with van der Waals surface area (Å²) < 4.78 is 6.22. The molecule has 1 aliphatic heterocycles. The van der Waals surface area contributed by atoms with Gasteiger partial charge in [0.25, 0.3) is 0 Å². The first-order valence-corrected chi connectivity index (χ1v) is 13.6. The molecule has 2 aromatic rings. The SMILES string of the molecule is Cc1ccc(-c2c(C)c3c(c(C)c2C(OC(C)(C)C)C(=O)O)CCN(C2CCC(C)(C)CC2)C3)cc1. The van der Waals surface area contributed by atoms with E-state index in [-0.39, 0.29) is 0 Å². The number of hydrogen-bond donors (Lipinski definition) is 1. The van der Waals surface area contributed by atoms with Crippen LogP contribution in [-0.4, -0.2) is 34.2 Å². The van der Waals surface area contributed by atoms with Crippen LogP contribution in [-0.2, 0) is 22.5 Å². The third kappa shape index (κ3) is 5.55. The Morgan fingerprint density at radius 2 is 1.64 bits per heavy atom. The lowest BCUT2D eigenvalue weighted by Gasteiger charge is -2.43. The van der Waals surface area contributed by atoms with Crippen molar-refractivity contribution in [2.75, 3.05) is 6.54 Å². The second-order valence-corrected chi connectivity index (χ2v) is 12.9. The topological polar surface area (TPSA) is 49.8 Å². The van der Waals surface area contributed by atoms with E-state index in [0.29, 0.717) is 11.5 Å². The van der Waals surface area contributed by atoms with E-state index in [4.69, 9.17) is 4.74 Å². The Hall–Kier alpha value is -2.17. The summed E-state index contributed by atoms with van der Waals surface area (Å²) >= 11 is 0. The van der Waals surface area contributed by atoms with Crippen molar-refractivity contribution in [3.63, 3.8) is 0 Å². The first-order chi connectivity index (χ1) is 16.8. The fraction of sp³-hybridized carbons (Fsp3) is 0.594. The number of benzene rings is 2. The summed E-state index contributed by atoms with van der Waals surface area (Å²) in [4.78, 5) is 15.3. The van der Waals surface area contributed by atoms with Gasteiger partial charge in [-0.3, -0.25) is 4.90 Å². The Morgan fingerprint density at radius 1 is 1.03 bits per heavy atom. The molecule has 1 fully saturated rings. The molecule has 1 saturated carbocycles. The van der Waals surface area contributed by atoms with Gasteiger partial charge in [0.15, 0.2) is 6.10 Å². The molecule has 0 aromatic heterocycles. The molecule has 4 nitrogen and oxygen atoms in total. The molecule has 36 heavy (non-hydrogen) atoms. The Labute approximate surface area is 218 Å². The maximum absolute atomic E-state index is 12.6. The van der Waals surface area contributed by atoms with Gasteiger partial charge in [0.05, 0.1) is 5.60 Å². The lowest BCUT2D eigenvalue weighted by Crippen LogP contribution is -2.43. The van der Waals surface area contributed by atoms with Crippen molar-refractivity contribution in [3.05, 3.63) is 57.6 Å². The van der Waals surface area contributed by atoms with Gasteiger partial charge >= 0.3 is 5.97 Å². The molecule has 0 radical (unpaired) electrons. The third-order valence-electron chi connectivity index (χ3n) is 8.45. The van der Waals surface area contributed by atoms with Gasteiger partial charge in [-0.05, 0) is 112 Å². The third-order valence-corrected chi connectivity index (χ3v) is 8.45. The van der Waals surface area contributed by atoms with Crippen molar-refractivity contribution >= 4 is 5.97 Å². The van der Waals surface area contributed by atoms with E-state index in [1.807, 2.05) is 20.8 Å². The first kappa shape index (κ1) is 26.9. The zero-order chi connectivity index (χ0) is 26.4. The van der Waals surface area contributed by atoms with Crippen LogP contribution in [0.5, 0.6) is 0 Å². The molecule has 1 atom stereocenters. The Morgan fingerprint density at radius 3 is 2.19 bits per heavy atom. The van der Waals surface area contributed by atoms with E-state index in [9.17, 15) is 9.90 Å². The number of hydrogen-bond acceptors (Lipinski definition) is 3. The quantitative estimate of drug-likeness (QED) is 0.469. The van der Waals surface area contributed by atoms with Crippen molar-refractivity contribution in [2.24, 2.45) is 5.41 Å². The van der Waals surface area contributed by atoms with E-state index < -0.39 is 17.7 Å². The van der Waals surface area contributed by atoms with Crippen LogP contribution in [0.15, 0.2) is 24.3 Å². The molecule has 2 aromatic carbocycles. The van der Waals surface area contributed by atoms with Crippen LogP contribution < -0.4 is 0 Å². The van der Waals surface area contributed by atoms with Gasteiger partial charge in [-0.15, -0.1) is 0 Å². The molecule has 0 spiro atoms. The molecule has 0 saturated heterocycles. The molecule has 0 bridgehead atoms. The van der Waals surface area contributed by atoms with Crippen LogP contribution >= 0.6 is 0 Å². The number of nitrogens with zero attached hydrogens (tertiary/aromatic N) is 1. The number of fused-ring (bicyclic) bond motifs is 1. The summed E-state index contributed by atoms with van der Waals surface area (Å²) in [6, 6.07) is 9.14. The monoisotopic (exact) mass is 491 g/mol. The zero-order valence-electron chi connectivity index (χ0n) is 23.6. The summed E-state index contributed by atoms with van der Waals surface area (Å²) in [5.74, 6) is -0.928. The van der Waals surface area contributed by atoms with E-state index in [1.54, 1.807) is 0 Å². The van der Waals surface area contributed by atoms with E-state index in [2.05, 4.69) is 63.8 Å². The van der Waals surface area contributed by atoms with E-state index in [1.165, 1.54) is 47.9 Å². The van der Waals surface area contributed by atoms with Crippen molar-refractivity contribution in [1.29, 1.82) is 0 Å². The Bertz CT molecular complexity index is 1110. The van der Waals surface area contributed by atoms with Crippen molar-refractivity contribution in [1.82, 2.24) is 4.90 Å². The van der Waals surface area contributed by atoms with Gasteiger partial charge in [0, 0.05) is 24.7 Å². The smallest absolute Gasteiger partial charge is 0.337 e. The minimum absolute atomic E-state index is 0.461. The summed E-state index contributed by atoms with van der Waals surface area (Å²) in [7, 11) is 0. The number of carboxylic acids is 1. The van der Waals surface area contributed by atoms with Gasteiger partial charge in [0.2, 0.25) is 0 Å². The highest BCUT2D eigenvalue weighted by Crippen LogP contribution is 2.44. The van der Waals surface area contributed by atoms with Crippen LogP contribution in [0.2, 0.25) is 0 Å². The molecule has 196 valence electrons. The molecular formula is C32H45NO3. The molecule has 2 aliphatic rings. The molecule has 4 heteroatoms. The first-order valence-electron chi connectivity index (χ1n) is 13.6. The van der Waals surface area contributed by atoms with E-state index >= 15 is 0 Å². The van der Waals surface area contributed by atoms with Crippen LogP contribution in [0.4, 0.5) is 0 Å². The Balaban J connectivity index is 1.83. The van der Waals surface area contributed by atoms with Gasteiger partial charge in [0.1, 0.15) is 0 Å². The summed E-state index contributed by atoms with van der Waals surface area (Å²) in [6.07, 6.45) is 5.07. The summed E-state index contributed by atoms with van der Waals surface area (Å²) in [6.45, 7) is 19.0. The normalized spacial score (nSPS) is 19.7. The van der Waals surface area contributed by atoms with Crippen LogP contribution in [0.3, 0.4) is 0 Å². The molecule has 4 rings (SSSR count). The predicted molar refractivity (Wildman–Crippen MR) is 147 cm³/mol. The highest BCUT2D eigenvalue weighted by molar-refractivity contribution is 5.84. The number of carbonyl (C=O) groups is 1. The van der Waals surface area contributed by atoms with Crippen LogP contribution in [0, 0.1) is 26.2 Å².